The summed E-state index contributed by atoms with van der Waals surface area (Å²) in [5.41, 5.74) is 11.3. The van der Waals surface area contributed by atoms with Crippen LogP contribution in [0.1, 0.15) is 43.0 Å². The van der Waals surface area contributed by atoms with Crippen molar-refractivity contribution >= 4 is 10.8 Å². The molecule has 0 radical (unpaired) electrons. The van der Waals surface area contributed by atoms with Crippen LogP contribution >= 0.6 is 0 Å². The van der Waals surface area contributed by atoms with Crippen LogP contribution in [0.4, 0.5) is 0 Å². The van der Waals surface area contributed by atoms with Crippen LogP contribution in [0, 0.1) is 6.92 Å². The Labute approximate surface area is 167 Å². The highest BCUT2D eigenvalue weighted by Gasteiger charge is 2.37. The van der Waals surface area contributed by atoms with Crippen molar-refractivity contribution in [2.75, 3.05) is 0 Å². The van der Waals surface area contributed by atoms with Crippen molar-refractivity contribution in [3.63, 3.8) is 0 Å². The largest absolute Gasteiger partial charge is 0.0616 e. The van der Waals surface area contributed by atoms with Gasteiger partial charge in [-0.25, -0.2) is 0 Å². The van der Waals surface area contributed by atoms with Crippen molar-refractivity contribution in [2.24, 2.45) is 0 Å². The minimum Gasteiger partial charge on any atom is -0.0616 e. The molecule has 0 heterocycles. The topological polar surface area (TPSA) is 0 Å². The maximum absolute atomic E-state index is 2.37. The first kappa shape index (κ1) is 17.3. The molecule has 0 N–H and O–H groups in total. The van der Waals surface area contributed by atoms with Gasteiger partial charge in [-0.05, 0) is 68.6 Å². The second-order valence-electron chi connectivity index (χ2n) is 8.51. The number of hydrogen-bond donors (Lipinski definition) is 0. The maximum atomic E-state index is 2.37. The Balaban J connectivity index is 1.92. The number of hydrogen-bond acceptors (Lipinski definition) is 0. The van der Waals surface area contributed by atoms with E-state index in [0.717, 1.165) is 6.42 Å². The van der Waals surface area contributed by atoms with E-state index in [1.807, 2.05) is 0 Å². The molecular weight excluding hydrogens is 336 g/mol. The van der Waals surface area contributed by atoms with E-state index in [4.69, 9.17) is 0 Å². The fourth-order valence-corrected chi connectivity index (χ4v) is 5.13. The quantitative estimate of drug-likeness (QED) is 0.343. The fourth-order valence-electron chi connectivity index (χ4n) is 5.13. The summed E-state index contributed by atoms with van der Waals surface area (Å²) in [6.45, 7) is 9.25. The zero-order valence-electron chi connectivity index (χ0n) is 17.1. The first-order valence-corrected chi connectivity index (χ1v) is 10.3. The maximum Gasteiger partial charge on any atom is 0.0159 e. The highest BCUT2D eigenvalue weighted by molar-refractivity contribution is 6.06. The van der Waals surface area contributed by atoms with Crippen molar-refractivity contribution in [3.8, 4) is 22.3 Å². The van der Waals surface area contributed by atoms with Gasteiger partial charge in [0.1, 0.15) is 0 Å². The van der Waals surface area contributed by atoms with E-state index < -0.39 is 0 Å². The van der Waals surface area contributed by atoms with Gasteiger partial charge >= 0.3 is 0 Å². The smallest absolute Gasteiger partial charge is 0.0159 e. The molecule has 5 rings (SSSR count). The Morgan fingerprint density at radius 3 is 2.21 bits per heavy atom. The van der Waals surface area contributed by atoms with Gasteiger partial charge in [0, 0.05) is 5.41 Å². The van der Waals surface area contributed by atoms with Gasteiger partial charge in [0.15, 0.2) is 0 Å². The molecule has 0 unspecified atom stereocenters. The molecule has 0 saturated heterocycles. The van der Waals surface area contributed by atoms with Crippen LogP contribution in [0.3, 0.4) is 0 Å². The van der Waals surface area contributed by atoms with Crippen molar-refractivity contribution in [1.82, 2.24) is 0 Å². The summed E-state index contributed by atoms with van der Waals surface area (Å²) < 4.78 is 0. The van der Waals surface area contributed by atoms with Crippen LogP contribution in [0.25, 0.3) is 33.0 Å². The molecule has 0 spiro atoms. The molecule has 0 atom stereocenters. The van der Waals surface area contributed by atoms with Crippen LogP contribution in [0.2, 0.25) is 0 Å². The van der Waals surface area contributed by atoms with Gasteiger partial charge in [-0.2, -0.15) is 0 Å². The highest BCUT2D eigenvalue weighted by Crippen LogP contribution is 2.54. The monoisotopic (exact) mass is 362 g/mol. The lowest BCUT2D eigenvalue weighted by molar-refractivity contribution is 0.661. The van der Waals surface area contributed by atoms with Crippen molar-refractivity contribution < 1.29 is 0 Å². The zero-order valence-corrected chi connectivity index (χ0v) is 17.1. The molecule has 0 aliphatic heterocycles. The average molecular weight is 363 g/mol. The van der Waals surface area contributed by atoms with Crippen LogP contribution in [-0.4, -0.2) is 0 Å². The van der Waals surface area contributed by atoms with Gasteiger partial charge in [-0.1, -0.05) is 93.6 Å². The second-order valence-corrected chi connectivity index (χ2v) is 8.51. The summed E-state index contributed by atoms with van der Waals surface area (Å²) in [5.74, 6) is 0. The molecule has 138 valence electrons. The van der Waals surface area contributed by atoms with Gasteiger partial charge in [0.05, 0.1) is 0 Å². The lowest BCUT2D eigenvalue weighted by Gasteiger charge is -2.22. The van der Waals surface area contributed by atoms with Crippen molar-refractivity contribution in [3.05, 3.63) is 95.1 Å². The van der Waals surface area contributed by atoms with E-state index in [1.54, 1.807) is 0 Å². The van der Waals surface area contributed by atoms with E-state index in [1.165, 1.54) is 55.3 Å². The van der Waals surface area contributed by atoms with E-state index in [2.05, 4.69) is 100 Å². The third-order valence-corrected chi connectivity index (χ3v) is 6.71. The van der Waals surface area contributed by atoms with Crippen molar-refractivity contribution in [1.29, 1.82) is 0 Å². The first-order chi connectivity index (χ1) is 13.5. The van der Waals surface area contributed by atoms with Gasteiger partial charge < -0.3 is 0 Å². The molecule has 4 aromatic carbocycles. The molecule has 28 heavy (non-hydrogen) atoms. The Kier molecular flexibility index (Phi) is 3.74. The molecule has 1 aliphatic carbocycles. The van der Waals surface area contributed by atoms with Gasteiger partial charge in [-0.15, -0.1) is 0 Å². The summed E-state index contributed by atoms with van der Waals surface area (Å²) in [4.78, 5) is 0. The number of fused-ring (bicyclic) bond motifs is 5. The predicted molar refractivity (Wildman–Crippen MR) is 121 cm³/mol. The Hall–Kier alpha value is -2.86. The zero-order chi connectivity index (χ0) is 19.5. The second kappa shape index (κ2) is 6.07. The Bertz CT molecular complexity index is 1220. The first-order valence-electron chi connectivity index (χ1n) is 10.3. The fraction of sp³-hybridized carbons (Fsp3) is 0.214. The predicted octanol–water partition coefficient (Wildman–Crippen LogP) is 7.68. The highest BCUT2D eigenvalue weighted by atomic mass is 14.4. The van der Waals surface area contributed by atoms with Gasteiger partial charge in [-0.3, -0.25) is 0 Å². The van der Waals surface area contributed by atoms with Gasteiger partial charge in [0.2, 0.25) is 0 Å². The molecule has 0 heteroatoms. The van der Waals surface area contributed by atoms with Crippen LogP contribution in [0.5, 0.6) is 0 Å². The molecule has 0 bridgehead atoms. The molecular formula is C28H26. The third-order valence-electron chi connectivity index (χ3n) is 6.71. The van der Waals surface area contributed by atoms with E-state index in [9.17, 15) is 0 Å². The molecule has 0 amide bonds. The summed E-state index contributed by atoms with van der Waals surface area (Å²) in [5, 5.41) is 2.68. The standard InChI is InChI=1S/C28H26/c1-5-19-11-8-13-21(18(19)2)23-14-9-15-24-27(23)26-22-12-7-6-10-20(22)16-17-25(26)28(24,3)4/h6-17H,5H2,1-4H3. The van der Waals surface area contributed by atoms with Gasteiger partial charge in [0.25, 0.3) is 0 Å². The summed E-state index contributed by atoms with van der Waals surface area (Å²) in [6.07, 6.45) is 1.07. The average Bonchev–Trinajstić information content (AvgIpc) is 2.96. The van der Waals surface area contributed by atoms with E-state index in [-0.39, 0.29) is 5.41 Å². The summed E-state index contributed by atoms with van der Waals surface area (Å²) >= 11 is 0. The van der Waals surface area contributed by atoms with Crippen LogP contribution in [0.15, 0.2) is 72.8 Å². The lowest BCUT2D eigenvalue weighted by atomic mass is 9.81. The minimum absolute atomic E-state index is 0.0149. The molecule has 4 aromatic rings. The SMILES string of the molecule is CCc1cccc(-c2cccc3c2-c2c(ccc4ccccc24)C3(C)C)c1C. The normalized spacial score (nSPS) is 14.1. The Morgan fingerprint density at radius 1 is 0.679 bits per heavy atom. The molecule has 0 saturated carbocycles. The lowest BCUT2D eigenvalue weighted by Crippen LogP contribution is -2.14. The van der Waals surface area contributed by atoms with E-state index >= 15 is 0 Å². The Morgan fingerprint density at radius 2 is 1.39 bits per heavy atom. The molecule has 0 nitrogen and oxygen atoms in total. The molecule has 1 aliphatic rings. The number of aryl methyl sites for hydroxylation is 1. The number of rotatable bonds is 2. The van der Waals surface area contributed by atoms with Crippen LogP contribution < -0.4 is 0 Å². The summed E-state index contributed by atoms with van der Waals surface area (Å²) in [7, 11) is 0. The minimum atomic E-state index is 0.0149. The van der Waals surface area contributed by atoms with Crippen molar-refractivity contribution in [2.45, 2.75) is 39.5 Å². The van der Waals surface area contributed by atoms with E-state index in [0.29, 0.717) is 0 Å². The third kappa shape index (κ3) is 2.24. The molecule has 0 aromatic heterocycles. The molecule has 0 fully saturated rings. The number of benzene rings is 4. The summed E-state index contributed by atoms with van der Waals surface area (Å²) in [6, 6.07) is 27.1. The van der Waals surface area contributed by atoms with Crippen LogP contribution in [-0.2, 0) is 11.8 Å².